The summed E-state index contributed by atoms with van der Waals surface area (Å²) in [6, 6.07) is 13.7. The van der Waals surface area contributed by atoms with Crippen LogP contribution in [0, 0.1) is 6.92 Å². The summed E-state index contributed by atoms with van der Waals surface area (Å²) in [5, 5.41) is 3.34. The van der Waals surface area contributed by atoms with Crippen LogP contribution >= 0.6 is 23.2 Å². The van der Waals surface area contributed by atoms with Crippen molar-refractivity contribution in [1.82, 2.24) is 14.6 Å². The SMILES string of the molecule is Cc1cc(C2(Cn3ccnc3)C=C(c3ccc(Cl)cc3)ON2C)ccc1Cl. The summed E-state index contributed by atoms with van der Waals surface area (Å²) in [5.74, 6) is 0.793. The minimum absolute atomic E-state index is 0.495. The lowest BCUT2D eigenvalue weighted by Crippen LogP contribution is -2.41. The highest BCUT2D eigenvalue weighted by atomic mass is 35.5. The number of hydrogen-bond donors (Lipinski definition) is 0. The van der Waals surface area contributed by atoms with E-state index >= 15 is 0 Å². The van der Waals surface area contributed by atoms with Gasteiger partial charge >= 0.3 is 0 Å². The van der Waals surface area contributed by atoms with Crippen molar-refractivity contribution in [3.63, 3.8) is 0 Å². The molecule has 0 fully saturated rings. The quantitative estimate of drug-likeness (QED) is 0.595. The van der Waals surface area contributed by atoms with E-state index in [1.807, 2.05) is 72.5 Å². The summed E-state index contributed by atoms with van der Waals surface area (Å²) in [6.07, 6.45) is 7.69. The average molecular weight is 400 g/mol. The minimum atomic E-state index is -0.495. The Morgan fingerprint density at radius 1 is 1.11 bits per heavy atom. The summed E-state index contributed by atoms with van der Waals surface area (Å²) < 4.78 is 2.05. The largest absolute Gasteiger partial charge is 0.405 e. The molecule has 27 heavy (non-hydrogen) atoms. The molecule has 1 unspecified atom stereocenters. The Kier molecular flexibility index (Phi) is 4.72. The first-order chi connectivity index (χ1) is 13.0. The number of aromatic nitrogens is 2. The lowest BCUT2D eigenvalue weighted by Gasteiger charge is -2.34. The van der Waals surface area contributed by atoms with Crippen molar-refractivity contribution in [2.45, 2.75) is 19.0 Å². The van der Waals surface area contributed by atoms with Gasteiger partial charge in [0, 0.05) is 35.1 Å². The molecule has 138 valence electrons. The van der Waals surface area contributed by atoms with Crippen LogP contribution in [0.4, 0.5) is 0 Å². The average Bonchev–Trinajstić information content (AvgIpc) is 3.27. The molecule has 0 saturated heterocycles. The van der Waals surface area contributed by atoms with Crippen molar-refractivity contribution in [2.24, 2.45) is 0 Å². The van der Waals surface area contributed by atoms with Gasteiger partial charge in [-0.3, -0.25) is 0 Å². The van der Waals surface area contributed by atoms with E-state index in [0.717, 1.165) is 27.5 Å². The van der Waals surface area contributed by atoms with Gasteiger partial charge in [0.15, 0.2) is 5.76 Å². The third-order valence-corrected chi connectivity index (χ3v) is 5.61. The molecule has 4 rings (SSSR count). The van der Waals surface area contributed by atoms with E-state index in [-0.39, 0.29) is 0 Å². The van der Waals surface area contributed by atoms with Gasteiger partial charge in [0.25, 0.3) is 0 Å². The molecule has 1 atom stereocenters. The van der Waals surface area contributed by atoms with Crippen LogP contribution in [0.15, 0.2) is 67.3 Å². The van der Waals surface area contributed by atoms with Crippen LogP contribution in [0.2, 0.25) is 10.0 Å². The fraction of sp³-hybridized carbons (Fsp3) is 0.190. The van der Waals surface area contributed by atoms with E-state index in [1.54, 1.807) is 6.20 Å². The zero-order valence-corrected chi connectivity index (χ0v) is 16.6. The van der Waals surface area contributed by atoms with Crippen LogP contribution < -0.4 is 0 Å². The lowest BCUT2D eigenvalue weighted by atomic mass is 9.87. The Bertz CT molecular complexity index is 983. The minimum Gasteiger partial charge on any atom is -0.405 e. The van der Waals surface area contributed by atoms with Gasteiger partial charge in [-0.25, -0.2) is 4.98 Å². The summed E-state index contributed by atoms with van der Waals surface area (Å²) >= 11 is 12.3. The summed E-state index contributed by atoms with van der Waals surface area (Å²) in [5.41, 5.74) is 2.61. The van der Waals surface area contributed by atoms with Crippen molar-refractivity contribution < 1.29 is 4.84 Å². The van der Waals surface area contributed by atoms with Gasteiger partial charge in [-0.2, -0.15) is 0 Å². The Hall–Kier alpha value is -2.27. The molecule has 0 bridgehead atoms. The van der Waals surface area contributed by atoms with Crippen molar-refractivity contribution in [3.8, 4) is 0 Å². The highest BCUT2D eigenvalue weighted by Crippen LogP contribution is 2.42. The van der Waals surface area contributed by atoms with Gasteiger partial charge in [-0.05, 0) is 54.5 Å². The molecule has 4 nitrogen and oxygen atoms in total. The number of benzene rings is 2. The monoisotopic (exact) mass is 399 g/mol. The van der Waals surface area contributed by atoms with Crippen LogP contribution in [-0.2, 0) is 16.9 Å². The van der Waals surface area contributed by atoms with Crippen LogP contribution in [0.5, 0.6) is 0 Å². The van der Waals surface area contributed by atoms with Crippen LogP contribution in [0.25, 0.3) is 5.76 Å². The van der Waals surface area contributed by atoms with E-state index in [2.05, 4.69) is 17.1 Å². The highest BCUT2D eigenvalue weighted by molar-refractivity contribution is 6.31. The first kappa shape index (κ1) is 18.1. The maximum absolute atomic E-state index is 6.26. The first-order valence-corrected chi connectivity index (χ1v) is 9.36. The molecule has 0 radical (unpaired) electrons. The van der Waals surface area contributed by atoms with Crippen LogP contribution in [-0.4, -0.2) is 21.7 Å². The standard InChI is InChI=1S/C21H19Cl2N3O/c1-15-11-17(5-8-19(15)23)21(13-26-10-9-24-14-26)12-20(27-25(21)2)16-3-6-18(22)7-4-16/h3-12,14H,13H2,1-2H3. The molecule has 0 spiro atoms. The van der Waals surface area contributed by atoms with Crippen molar-refractivity contribution in [2.75, 3.05) is 7.05 Å². The number of aryl methyl sites for hydroxylation is 1. The van der Waals surface area contributed by atoms with Crippen LogP contribution in [0.1, 0.15) is 16.7 Å². The van der Waals surface area contributed by atoms with Crippen molar-refractivity contribution in [1.29, 1.82) is 0 Å². The number of hydrogen-bond acceptors (Lipinski definition) is 3. The Morgan fingerprint density at radius 3 is 2.56 bits per heavy atom. The van der Waals surface area contributed by atoms with Gasteiger partial charge in [0.05, 0.1) is 12.9 Å². The number of imidazole rings is 1. The second-order valence-corrected chi connectivity index (χ2v) is 7.57. The zero-order valence-electron chi connectivity index (χ0n) is 15.1. The molecular weight excluding hydrogens is 381 g/mol. The molecule has 2 aromatic carbocycles. The maximum Gasteiger partial charge on any atom is 0.153 e. The molecule has 1 aliphatic rings. The number of halogens is 2. The van der Waals surface area contributed by atoms with Gasteiger partial charge in [-0.15, -0.1) is 5.06 Å². The third kappa shape index (κ3) is 3.36. The predicted octanol–water partition coefficient (Wildman–Crippen LogP) is 5.31. The van der Waals surface area contributed by atoms with Crippen molar-refractivity contribution in [3.05, 3.63) is 94.0 Å². The fourth-order valence-electron chi connectivity index (χ4n) is 3.39. The summed E-state index contributed by atoms with van der Waals surface area (Å²) in [6.45, 7) is 2.66. The van der Waals surface area contributed by atoms with Crippen molar-refractivity contribution >= 4 is 29.0 Å². The second kappa shape index (κ2) is 7.04. The molecule has 1 aliphatic heterocycles. The molecule has 0 amide bonds. The van der Waals surface area contributed by atoms with Crippen LogP contribution in [0.3, 0.4) is 0 Å². The highest BCUT2D eigenvalue weighted by Gasteiger charge is 2.43. The molecular formula is C21H19Cl2N3O. The van der Waals surface area contributed by atoms with E-state index in [4.69, 9.17) is 28.0 Å². The Labute approximate surface area is 168 Å². The fourth-order valence-corrected chi connectivity index (χ4v) is 3.63. The topological polar surface area (TPSA) is 30.3 Å². The van der Waals surface area contributed by atoms with Gasteiger partial charge < -0.3 is 9.40 Å². The zero-order chi connectivity index (χ0) is 19.0. The van der Waals surface area contributed by atoms with E-state index in [1.165, 1.54) is 0 Å². The first-order valence-electron chi connectivity index (χ1n) is 8.61. The normalized spacial score (nSPS) is 19.8. The van der Waals surface area contributed by atoms with E-state index < -0.39 is 5.54 Å². The smallest absolute Gasteiger partial charge is 0.153 e. The summed E-state index contributed by atoms with van der Waals surface area (Å²) in [7, 11) is 1.94. The molecule has 6 heteroatoms. The van der Waals surface area contributed by atoms with Gasteiger partial charge in [0.1, 0.15) is 5.54 Å². The van der Waals surface area contributed by atoms with Gasteiger partial charge in [0.2, 0.25) is 0 Å². The number of likely N-dealkylation sites (N-methyl/N-ethyl adjacent to an activating group) is 1. The molecule has 2 heterocycles. The molecule has 3 aromatic rings. The van der Waals surface area contributed by atoms with Gasteiger partial charge in [-0.1, -0.05) is 35.3 Å². The summed E-state index contributed by atoms with van der Waals surface area (Å²) in [4.78, 5) is 10.3. The number of rotatable bonds is 4. The second-order valence-electron chi connectivity index (χ2n) is 6.73. The Balaban J connectivity index is 1.84. The third-order valence-electron chi connectivity index (χ3n) is 4.94. The molecule has 1 aromatic heterocycles. The van der Waals surface area contributed by atoms with E-state index in [0.29, 0.717) is 11.6 Å². The molecule has 0 N–H and O–H groups in total. The maximum atomic E-state index is 6.26. The predicted molar refractivity (Wildman–Crippen MR) is 108 cm³/mol. The molecule has 0 saturated carbocycles. The van der Waals surface area contributed by atoms with E-state index in [9.17, 15) is 0 Å². The number of hydroxylamine groups is 2. The Morgan fingerprint density at radius 2 is 1.89 bits per heavy atom. The molecule has 0 aliphatic carbocycles. The lowest BCUT2D eigenvalue weighted by molar-refractivity contribution is -0.117. The number of nitrogens with zero attached hydrogens (tertiary/aromatic N) is 3.